The summed E-state index contributed by atoms with van der Waals surface area (Å²) in [6, 6.07) is 6.37. The molecular weight excluding hydrogens is 234 g/mol. The molecule has 0 fully saturated rings. The maximum atomic E-state index is 9.81. The van der Waals surface area contributed by atoms with Gasteiger partial charge in [0.1, 0.15) is 5.75 Å². The Hall–Kier alpha value is -1.02. The van der Waals surface area contributed by atoms with Gasteiger partial charge in [0, 0.05) is 6.04 Å². The first-order chi connectivity index (χ1) is 9.33. The summed E-state index contributed by atoms with van der Waals surface area (Å²) in [5.41, 5.74) is 2.47. The second-order valence-corrected chi connectivity index (χ2v) is 5.66. The van der Waals surface area contributed by atoms with Gasteiger partial charge in [-0.05, 0) is 43.0 Å². The van der Waals surface area contributed by atoms with Gasteiger partial charge < -0.3 is 10.4 Å². The molecule has 0 bridgehead atoms. The molecule has 1 unspecified atom stereocenters. The highest BCUT2D eigenvalue weighted by Crippen LogP contribution is 2.36. The number of hydrogen-bond donors (Lipinski definition) is 2. The van der Waals surface area contributed by atoms with E-state index < -0.39 is 0 Å². The van der Waals surface area contributed by atoms with Crippen LogP contribution in [0.3, 0.4) is 0 Å². The first kappa shape index (κ1) is 14.4. The minimum atomic E-state index is 0.456. The third kappa shape index (κ3) is 3.97. The van der Waals surface area contributed by atoms with Crippen LogP contribution in [0, 0.1) is 0 Å². The highest BCUT2D eigenvalue weighted by Gasteiger charge is 2.23. The Morgan fingerprint density at radius 3 is 2.79 bits per heavy atom. The molecule has 0 spiro atoms. The first-order valence-electron chi connectivity index (χ1n) is 7.87. The van der Waals surface area contributed by atoms with Gasteiger partial charge in [-0.25, -0.2) is 0 Å². The molecule has 0 heterocycles. The van der Waals surface area contributed by atoms with Gasteiger partial charge in [0.15, 0.2) is 0 Å². The van der Waals surface area contributed by atoms with Crippen LogP contribution in [-0.2, 0) is 6.42 Å². The van der Waals surface area contributed by atoms with E-state index >= 15 is 0 Å². The number of unbranched alkanes of at least 4 members (excludes halogenated alkanes) is 5. The molecule has 1 aromatic carbocycles. The standard InChI is InChI=1S/C17H27NO/c1-2-3-4-5-6-7-13-18-16-12-11-15-14(16)9-8-10-17(15)19/h8-10,16,18-19H,2-7,11-13H2,1H3. The van der Waals surface area contributed by atoms with Gasteiger partial charge in [-0.2, -0.15) is 0 Å². The summed E-state index contributed by atoms with van der Waals surface area (Å²) in [4.78, 5) is 0. The van der Waals surface area contributed by atoms with Gasteiger partial charge in [-0.15, -0.1) is 0 Å². The van der Waals surface area contributed by atoms with Crippen LogP contribution >= 0.6 is 0 Å². The lowest BCUT2D eigenvalue weighted by Gasteiger charge is -2.14. The summed E-state index contributed by atoms with van der Waals surface area (Å²) in [7, 11) is 0. The van der Waals surface area contributed by atoms with Crippen molar-refractivity contribution >= 4 is 0 Å². The Kier molecular flexibility index (Phi) is 5.71. The zero-order chi connectivity index (χ0) is 13.5. The zero-order valence-corrected chi connectivity index (χ0v) is 12.1. The van der Waals surface area contributed by atoms with E-state index in [1.807, 2.05) is 6.07 Å². The molecular formula is C17H27NO. The molecule has 1 aliphatic carbocycles. The molecule has 0 aliphatic heterocycles. The number of phenols is 1. The predicted octanol–water partition coefficient (Wildman–Crippen LogP) is 4.33. The molecule has 1 aromatic rings. The van der Waals surface area contributed by atoms with Gasteiger partial charge in [0.25, 0.3) is 0 Å². The Bertz CT molecular complexity index is 389. The van der Waals surface area contributed by atoms with Crippen LogP contribution in [0.4, 0.5) is 0 Å². The summed E-state index contributed by atoms with van der Waals surface area (Å²) in [6.45, 7) is 3.36. The highest BCUT2D eigenvalue weighted by molar-refractivity contribution is 5.44. The van der Waals surface area contributed by atoms with Crippen molar-refractivity contribution in [3.05, 3.63) is 29.3 Å². The average Bonchev–Trinajstić information content (AvgIpc) is 2.83. The number of benzene rings is 1. The third-order valence-electron chi connectivity index (χ3n) is 4.17. The Labute approximate surface area is 117 Å². The second kappa shape index (κ2) is 7.54. The average molecular weight is 261 g/mol. The van der Waals surface area contributed by atoms with E-state index in [-0.39, 0.29) is 0 Å². The molecule has 1 aliphatic rings. The van der Waals surface area contributed by atoms with Crippen LogP contribution in [0.2, 0.25) is 0 Å². The van der Waals surface area contributed by atoms with Gasteiger partial charge in [0.05, 0.1) is 0 Å². The Morgan fingerprint density at radius 1 is 1.16 bits per heavy atom. The maximum absolute atomic E-state index is 9.81. The predicted molar refractivity (Wildman–Crippen MR) is 80.5 cm³/mol. The van der Waals surface area contributed by atoms with E-state index in [0.29, 0.717) is 11.8 Å². The number of hydrogen-bond acceptors (Lipinski definition) is 2. The molecule has 0 aromatic heterocycles. The van der Waals surface area contributed by atoms with E-state index in [1.165, 1.54) is 44.1 Å². The number of fused-ring (bicyclic) bond motifs is 1. The number of nitrogens with one attached hydrogen (secondary N) is 1. The molecule has 19 heavy (non-hydrogen) atoms. The monoisotopic (exact) mass is 261 g/mol. The lowest BCUT2D eigenvalue weighted by molar-refractivity contribution is 0.469. The fourth-order valence-electron chi connectivity index (χ4n) is 3.03. The normalized spacial score (nSPS) is 17.6. The van der Waals surface area contributed by atoms with Crippen molar-refractivity contribution < 1.29 is 5.11 Å². The SMILES string of the molecule is CCCCCCCCNC1CCc2c(O)cccc21. The Morgan fingerprint density at radius 2 is 1.95 bits per heavy atom. The molecule has 0 amide bonds. The molecule has 2 N–H and O–H groups in total. The van der Waals surface area contributed by atoms with Crippen molar-refractivity contribution in [2.24, 2.45) is 0 Å². The van der Waals surface area contributed by atoms with E-state index in [0.717, 1.165) is 24.9 Å². The maximum Gasteiger partial charge on any atom is 0.119 e. The zero-order valence-electron chi connectivity index (χ0n) is 12.1. The van der Waals surface area contributed by atoms with Crippen molar-refractivity contribution in [3.8, 4) is 5.75 Å². The fourth-order valence-corrected chi connectivity index (χ4v) is 3.03. The summed E-state index contributed by atoms with van der Waals surface area (Å²) in [6.07, 6.45) is 10.2. The quantitative estimate of drug-likeness (QED) is 0.683. The van der Waals surface area contributed by atoms with Crippen LogP contribution < -0.4 is 5.32 Å². The molecule has 0 saturated heterocycles. The van der Waals surface area contributed by atoms with Crippen molar-refractivity contribution in [1.29, 1.82) is 0 Å². The molecule has 2 heteroatoms. The highest BCUT2D eigenvalue weighted by atomic mass is 16.3. The van der Waals surface area contributed by atoms with Crippen LogP contribution in [0.5, 0.6) is 5.75 Å². The lowest BCUT2D eigenvalue weighted by Crippen LogP contribution is -2.20. The summed E-state index contributed by atoms with van der Waals surface area (Å²) < 4.78 is 0. The smallest absolute Gasteiger partial charge is 0.119 e. The second-order valence-electron chi connectivity index (χ2n) is 5.66. The van der Waals surface area contributed by atoms with Crippen LogP contribution in [0.25, 0.3) is 0 Å². The van der Waals surface area contributed by atoms with E-state index in [4.69, 9.17) is 0 Å². The fraction of sp³-hybridized carbons (Fsp3) is 0.647. The molecule has 0 saturated carbocycles. The van der Waals surface area contributed by atoms with E-state index in [1.54, 1.807) is 6.07 Å². The van der Waals surface area contributed by atoms with Crippen LogP contribution in [0.15, 0.2) is 18.2 Å². The molecule has 106 valence electrons. The van der Waals surface area contributed by atoms with Gasteiger partial charge in [0.2, 0.25) is 0 Å². The van der Waals surface area contributed by atoms with Gasteiger partial charge >= 0.3 is 0 Å². The molecule has 2 rings (SSSR count). The van der Waals surface area contributed by atoms with Gasteiger partial charge in [-0.3, -0.25) is 0 Å². The number of rotatable bonds is 8. The topological polar surface area (TPSA) is 32.3 Å². The number of phenolic OH excluding ortho intramolecular Hbond substituents is 1. The largest absolute Gasteiger partial charge is 0.508 e. The molecule has 0 radical (unpaired) electrons. The van der Waals surface area contributed by atoms with E-state index in [2.05, 4.69) is 18.3 Å². The van der Waals surface area contributed by atoms with Crippen molar-refractivity contribution in [3.63, 3.8) is 0 Å². The minimum Gasteiger partial charge on any atom is -0.508 e. The number of aromatic hydroxyl groups is 1. The van der Waals surface area contributed by atoms with Crippen molar-refractivity contribution in [1.82, 2.24) is 5.32 Å². The van der Waals surface area contributed by atoms with Crippen molar-refractivity contribution in [2.75, 3.05) is 6.54 Å². The lowest BCUT2D eigenvalue weighted by atomic mass is 10.1. The van der Waals surface area contributed by atoms with Crippen LogP contribution in [-0.4, -0.2) is 11.7 Å². The van der Waals surface area contributed by atoms with E-state index in [9.17, 15) is 5.11 Å². The van der Waals surface area contributed by atoms with Crippen LogP contribution in [0.1, 0.15) is 69.0 Å². The van der Waals surface area contributed by atoms with Gasteiger partial charge in [-0.1, -0.05) is 51.2 Å². The summed E-state index contributed by atoms with van der Waals surface area (Å²) >= 11 is 0. The Balaban J connectivity index is 1.67. The molecule has 2 nitrogen and oxygen atoms in total. The third-order valence-corrected chi connectivity index (χ3v) is 4.17. The minimum absolute atomic E-state index is 0.456. The first-order valence-corrected chi connectivity index (χ1v) is 7.87. The summed E-state index contributed by atoms with van der Waals surface area (Å²) in [5, 5.41) is 13.5. The molecule has 1 atom stereocenters. The summed E-state index contributed by atoms with van der Waals surface area (Å²) in [5.74, 6) is 0.473. The van der Waals surface area contributed by atoms with Crippen molar-refractivity contribution in [2.45, 2.75) is 64.3 Å².